The third kappa shape index (κ3) is 3.40. The number of nitrogens with one attached hydrogen (secondary N) is 1. The molecule has 0 radical (unpaired) electrons. The van der Waals surface area contributed by atoms with Crippen LogP contribution in [0.25, 0.3) is 0 Å². The second-order valence-electron chi connectivity index (χ2n) is 2.60. The molecule has 78 valence electrons. The summed E-state index contributed by atoms with van der Waals surface area (Å²) in [5.74, 6) is 0.511. The fraction of sp³-hybridized carbons (Fsp3) is 0.571. The number of nitrogen functional groups attached to an aromatic ring is 2. The molecule has 0 aromatic carbocycles. The van der Waals surface area contributed by atoms with E-state index in [9.17, 15) is 0 Å². The second-order valence-corrected chi connectivity index (χ2v) is 2.60. The van der Waals surface area contributed by atoms with Gasteiger partial charge in [0.1, 0.15) is 6.73 Å². The quantitative estimate of drug-likeness (QED) is 0.444. The van der Waals surface area contributed by atoms with Crippen LogP contribution in [-0.4, -0.2) is 28.3 Å². The molecule has 1 aromatic heterocycles. The summed E-state index contributed by atoms with van der Waals surface area (Å²) in [7, 11) is 0. The van der Waals surface area contributed by atoms with Gasteiger partial charge in [-0.15, -0.1) is 0 Å². The first-order chi connectivity index (χ1) is 6.72. The van der Waals surface area contributed by atoms with Crippen molar-refractivity contribution in [2.45, 2.75) is 13.3 Å². The summed E-state index contributed by atoms with van der Waals surface area (Å²) in [5.41, 5.74) is 10.7. The van der Waals surface area contributed by atoms with Crippen molar-refractivity contribution >= 4 is 17.8 Å². The van der Waals surface area contributed by atoms with E-state index in [4.69, 9.17) is 16.2 Å². The van der Waals surface area contributed by atoms with Gasteiger partial charge >= 0.3 is 0 Å². The lowest BCUT2D eigenvalue weighted by molar-refractivity contribution is 0.152. The monoisotopic (exact) mass is 198 g/mol. The second kappa shape index (κ2) is 5.18. The van der Waals surface area contributed by atoms with Crippen LogP contribution in [0.3, 0.4) is 0 Å². The van der Waals surface area contributed by atoms with Gasteiger partial charge in [-0.05, 0) is 6.42 Å². The van der Waals surface area contributed by atoms with Crippen molar-refractivity contribution in [1.29, 1.82) is 0 Å². The van der Waals surface area contributed by atoms with Gasteiger partial charge < -0.3 is 21.5 Å². The summed E-state index contributed by atoms with van der Waals surface area (Å²) >= 11 is 0. The van der Waals surface area contributed by atoms with Crippen molar-refractivity contribution in [3.63, 3.8) is 0 Å². The van der Waals surface area contributed by atoms with Crippen molar-refractivity contribution in [2.24, 2.45) is 0 Å². The minimum Gasteiger partial charge on any atom is -0.368 e. The molecule has 0 saturated carbocycles. The molecule has 0 bridgehead atoms. The Kier molecular flexibility index (Phi) is 3.86. The van der Waals surface area contributed by atoms with Gasteiger partial charge in [0.15, 0.2) is 0 Å². The molecule has 0 atom stereocenters. The summed E-state index contributed by atoms with van der Waals surface area (Å²) in [6, 6.07) is 0. The number of aromatic nitrogens is 3. The number of hydrogen-bond acceptors (Lipinski definition) is 7. The van der Waals surface area contributed by atoms with Gasteiger partial charge in [-0.3, -0.25) is 0 Å². The lowest BCUT2D eigenvalue weighted by atomic mass is 10.5. The first kappa shape index (κ1) is 10.5. The molecular formula is C7H14N6O. The third-order valence-corrected chi connectivity index (χ3v) is 1.35. The maximum absolute atomic E-state index is 5.37. The van der Waals surface area contributed by atoms with Crippen molar-refractivity contribution in [3.8, 4) is 0 Å². The van der Waals surface area contributed by atoms with E-state index >= 15 is 0 Å². The predicted molar refractivity (Wildman–Crippen MR) is 53.4 cm³/mol. The van der Waals surface area contributed by atoms with Crippen LogP contribution in [0.2, 0.25) is 0 Å². The molecule has 0 aliphatic rings. The number of rotatable bonds is 5. The van der Waals surface area contributed by atoms with Crippen LogP contribution in [0.4, 0.5) is 17.8 Å². The fourth-order valence-electron chi connectivity index (χ4n) is 0.821. The molecule has 0 fully saturated rings. The average molecular weight is 198 g/mol. The van der Waals surface area contributed by atoms with Crippen molar-refractivity contribution < 1.29 is 4.74 Å². The van der Waals surface area contributed by atoms with Gasteiger partial charge in [0.2, 0.25) is 17.8 Å². The lowest BCUT2D eigenvalue weighted by Crippen LogP contribution is -2.12. The Morgan fingerprint density at radius 3 is 2.43 bits per heavy atom. The maximum atomic E-state index is 5.37. The molecule has 7 heteroatoms. The number of hydrogen-bond donors (Lipinski definition) is 3. The molecule has 0 unspecified atom stereocenters. The standard InChI is InChI=1S/C7H14N6O/c1-2-3-14-4-10-7-12-5(8)11-6(9)13-7/h2-4H2,1H3,(H5,8,9,10,11,12,13). The van der Waals surface area contributed by atoms with Gasteiger partial charge in [0.05, 0.1) is 0 Å². The Hall–Kier alpha value is -1.63. The molecule has 5 N–H and O–H groups in total. The molecule has 7 nitrogen and oxygen atoms in total. The van der Waals surface area contributed by atoms with E-state index in [1.807, 2.05) is 6.92 Å². The summed E-state index contributed by atoms with van der Waals surface area (Å²) in [6.45, 7) is 3.04. The smallest absolute Gasteiger partial charge is 0.231 e. The molecular weight excluding hydrogens is 184 g/mol. The van der Waals surface area contributed by atoms with Gasteiger partial charge in [0.25, 0.3) is 0 Å². The highest BCUT2D eigenvalue weighted by molar-refractivity contribution is 5.36. The highest BCUT2D eigenvalue weighted by Gasteiger charge is 1.99. The van der Waals surface area contributed by atoms with E-state index in [1.54, 1.807) is 0 Å². The van der Waals surface area contributed by atoms with E-state index in [0.29, 0.717) is 19.3 Å². The van der Waals surface area contributed by atoms with Crippen LogP contribution in [0.15, 0.2) is 0 Å². The summed E-state index contributed by atoms with van der Waals surface area (Å²) in [6.07, 6.45) is 0.961. The zero-order valence-electron chi connectivity index (χ0n) is 8.03. The third-order valence-electron chi connectivity index (χ3n) is 1.35. The summed E-state index contributed by atoms with van der Waals surface area (Å²) in [4.78, 5) is 11.3. The molecule has 0 saturated heterocycles. The van der Waals surface area contributed by atoms with Crippen LogP contribution >= 0.6 is 0 Å². The minimum atomic E-state index is 0.0930. The maximum Gasteiger partial charge on any atom is 0.231 e. The van der Waals surface area contributed by atoms with Crippen LogP contribution in [0.5, 0.6) is 0 Å². The van der Waals surface area contributed by atoms with Crippen molar-refractivity contribution in [3.05, 3.63) is 0 Å². The van der Waals surface area contributed by atoms with Gasteiger partial charge in [0, 0.05) is 6.61 Å². The summed E-state index contributed by atoms with van der Waals surface area (Å²) in [5, 5.41) is 2.82. The van der Waals surface area contributed by atoms with E-state index in [-0.39, 0.29) is 11.9 Å². The van der Waals surface area contributed by atoms with Crippen LogP contribution < -0.4 is 16.8 Å². The van der Waals surface area contributed by atoms with Gasteiger partial charge in [-0.25, -0.2) is 0 Å². The van der Waals surface area contributed by atoms with E-state index in [1.165, 1.54) is 0 Å². The lowest BCUT2D eigenvalue weighted by Gasteiger charge is -2.05. The highest BCUT2D eigenvalue weighted by atomic mass is 16.5. The number of ether oxygens (including phenoxy) is 1. The topological polar surface area (TPSA) is 112 Å². The zero-order chi connectivity index (χ0) is 10.4. The summed E-state index contributed by atoms with van der Waals surface area (Å²) < 4.78 is 5.17. The molecule has 0 aliphatic heterocycles. The molecule has 1 rings (SSSR count). The first-order valence-electron chi connectivity index (χ1n) is 4.31. The Balaban J connectivity index is 2.42. The van der Waals surface area contributed by atoms with E-state index in [2.05, 4.69) is 20.3 Å². The molecule has 1 aromatic rings. The SMILES string of the molecule is CCCOCNc1nc(N)nc(N)n1. The van der Waals surface area contributed by atoms with Crippen molar-refractivity contribution in [1.82, 2.24) is 15.0 Å². The Labute approximate surface area is 81.9 Å². The van der Waals surface area contributed by atoms with Gasteiger partial charge in [-0.2, -0.15) is 15.0 Å². The minimum absolute atomic E-state index is 0.0930. The average Bonchev–Trinajstić information content (AvgIpc) is 2.11. The normalized spacial score (nSPS) is 10.1. The Bertz CT molecular complexity index is 271. The molecule has 0 spiro atoms. The van der Waals surface area contributed by atoms with Crippen LogP contribution in [-0.2, 0) is 4.74 Å². The number of nitrogens with two attached hydrogens (primary N) is 2. The highest BCUT2D eigenvalue weighted by Crippen LogP contribution is 2.02. The fourth-order valence-corrected chi connectivity index (χ4v) is 0.821. The van der Waals surface area contributed by atoms with E-state index in [0.717, 1.165) is 6.42 Å². The largest absolute Gasteiger partial charge is 0.368 e. The molecule has 14 heavy (non-hydrogen) atoms. The molecule has 1 heterocycles. The number of anilines is 3. The van der Waals surface area contributed by atoms with Crippen LogP contribution in [0, 0.1) is 0 Å². The predicted octanol–water partition coefficient (Wildman–Crippen LogP) is -0.168. The van der Waals surface area contributed by atoms with Gasteiger partial charge in [-0.1, -0.05) is 6.92 Å². The first-order valence-corrected chi connectivity index (χ1v) is 4.31. The molecule has 0 aliphatic carbocycles. The Morgan fingerprint density at radius 1 is 1.21 bits per heavy atom. The van der Waals surface area contributed by atoms with Crippen LogP contribution in [0.1, 0.15) is 13.3 Å². The zero-order valence-corrected chi connectivity index (χ0v) is 8.03. The van der Waals surface area contributed by atoms with Crippen molar-refractivity contribution in [2.75, 3.05) is 30.1 Å². The molecule has 0 amide bonds. The Morgan fingerprint density at radius 2 is 1.86 bits per heavy atom. The van der Waals surface area contributed by atoms with E-state index < -0.39 is 0 Å². The number of nitrogens with zero attached hydrogens (tertiary/aromatic N) is 3.